The van der Waals surface area contributed by atoms with Crippen LogP contribution in [0.1, 0.15) is 39.7 Å². The summed E-state index contributed by atoms with van der Waals surface area (Å²) in [5.41, 5.74) is 7.71. The Hall–Kier alpha value is -3.53. The molecule has 2 aliphatic rings. The SMILES string of the molecule is CCOC(=O)C1CCc2c(sc(N(C(=O)NCc3ccccc3)C3=COCO3)c2C(N)=O)C1. The highest BCUT2D eigenvalue weighted by atomic mass is 32.1. The zero-order valence-corrected chi connectivity index (χ0v) is 19.0. The number of benzene rings is 1. The molecule has 2 heterocycles. The minimum Gasteiger partial charge on any atom is -0.466 e. The summed E-state index contributed by atoms with van der Waals surface area (Å²) in [5.74, 6) is -1.04. The topological polar surface area (TPSA) is 120 Å². The summed E-state index contributed by atoms with van der Waals surface area (Å²) in [7, 11) is 0. The van der Waals surface area contributed by atoms with Crippen molar-refractivity contribution >= 4 is 34.2 Å². The molecule has 0 saturated carbocycles. The zero-order chi connectivity index (χ0) is 23.4. The summed E-state index contributed by atoms with van der Waals surface area (Å²) in [4.78, 5) is 40.1. The number of ether oxygens (including phenoxy) is 3. The van der Waals surface area contributed by atoms with Crippen LogP contribution in [0.4, 0.5) is 9.80 Å². The van der Waals surface area contributed by atoms with Gasteiger partial charge in [-0.2, -0.15) is 0 Å². The van der Waals surface area contributed by atoms with Crippen LogP contribution < -0.4 is 16.0 Å². The molecule has 0 radical (unpaired) electrons. The van der Waals surface area contributed by atoms with Crippen LogP contribution >= 0.6 is 11.3 Å². The Morgan fingerprint density at radius 2 is 2.06 bits per heavy atom. The molecular weight excluding hydrogens is 446 g/mol. The van der Waals surface area contributed by atoms with Crippen LogP contribution in [0.5, 0.6) is 0 Å². The van der Waals surface area contributed by atoms with Gasteiger partial charge in [0.15, 0.2) is 0 Å². The lowest BCUT2D eigenvalue weighted by Crippen LogP contribution is -2.40. The van der Waals surface area contributed by atoms with Gasteiger partial charge >= 0.3 is 12.0 Å². The van der Waals surface area contributed by atoms with Crippen molar-refractivity contribution in [2.24, 2.45) is 11.7 Å². The second-order valence-corrected chi connectivity index (χ2v) is 8.69. The first kappa shape index (κ1) is 22.7. The number of amides is 3. The van der Waals surface area contributed by atoms with E-state index in [-0.39, 0.29) is 36.7 Å². The molecule has 174 valence electrons. The number of urea groups is 1. The molecule has 1 aliphatic heterocycles. The predicted octanol–water partition coefficient (Wildman–Crippen LogP) is 3.03. The molecule has 3 amide bonds. The number of nitrogens with two attached hydrogens (primary N) is 1. The van der Waals surface area contributed by atoms with Gasteiger partial charge in [0.1, 0.15) is 11.3 Å². The van der Waals surface area contributed by atoms with E-state index < -0.39 is 11.9 Å². The fourth-order valence-electron chi connectivity index (χ4n) is 3.94. The third-order valence-corrected chi connectivity index (χ3v) is 6.72. The molecule has 1 atom stereocenters. The van der Waals surface area contributed by atoms with Crippen molar-refractivity contribution < 1.29 is 28.6 Å². The Balaban J connectivity index is 1.66. The molecule has 1 unspecified atom stereocenters. The van der Waals surface area contributed by atoms with Gasteiger partial charge in [-0.1, -0.05) is 30.3 Å². The predicted molar refractivity (Wildman–Crippen MR) is 121 cm³/mol. The number of hydrogen-bond acceptors (Lipinski definition) is 7. The van der Waals surface area contributed by atoms with Gasteiger partial charge in [-0.25, -0.2) is 9.69 Å². The molecule has 4 rings (SSSR count). The highest BCUT2D eigenvalue weighted by Crippen LogP contribution is 2.43. The van der Waals surface area contributed by atoms with Crippen LogP contribution in [0.3, 0.4) is 0 Å². The van der Waals surface area contributed by atoms with Crippen molar-refractivity contribution in [2.45, 2.75) is 32.7 Å². The third-order valence-electron chi connectivity index (χ3n) is 5.49. The number of primary amides is 1. The largest absolute Gasteiger partial charge is 0.466 e. The van der Waals surface area contributed by atoms with Crippen LogP contribution in [0.2, 0.25) is 0 Å². The molecule has 1 aliphatic carbocycles. The normalized spacial score (nSPS) is 16.6. The smallest absolute Gasteiger partial charge is 0.329 e. The maximum atomic E-state index is 13.3. The lowest BCUT2D eigenvalue weighted by molar-refractivity contribution is -0.148. The van der Waals surface area contributed by atoms with E-state index in [0.717, 1.165) is 16.0 Å². The summed E-state index contributed by atoms with van der Waals surface area (Å²) in [6.45, 7) is 2.32. The molecule has 9 nitrogen and oxygen atoms in total. The number of anilines is 1. The van der Waals surface area contributed by atoms with E-state index in [1.807, 2.05) is 30.3 Å². The highest BCUT2D eigenvalue weighted by molar-refractivity contribution is 7.17. The van der Waals surface area contributed by atoms with Crippen molar-refractivity contribution in [3.8, 4) is 0 Å². The monoisotopic (exact) mass is 471 g/mol. The number of nitrogens with zero attached hydrogens (tertiary/aromatic N) is 1. The maximum absolute atomic E-state index is 13.3. The lowest BCUT2D eigenvalue weighted by atomic mass is 9.87. The summed E-state index contributed by atoms with van der Waals surface area (Å²) in [5, 5.41) is 3.20. The average molecular weight is 472 g/mol. The van der Waals surface area contributed by atoms with E-state index in [2.05, 4.69) is 5.32 Å². The Kier molecular flexibility index (Phi) is 6.83. The second kappa shape index (κ2) is 9.95. The van der Waals surface area contributed by atoms with E-state index in [9.17, 15) is 14.4 Å². The van der Waals surface area contributed by atoms with Crippen molar-refractivity contribution in [1.82, 2.24) is 5.32 Å². The summed E-state index contributed by atoms with van der Waals surface area (Å²) in [6, 6.07) is 8.96. The minimum atomic E-state index is -0.641. The van der Waals surface area contributed by atoms with Crippen LogP contribution in [-0.4, -0.2) is 31.3 Å². The molecule has 0 bridgehead atoms. The van der Waals surface area contributed by atoms with Crippen molar-refractivity contribution in [1.29, 1.82) is 0 Å². The second-order valence-electron chi connectivity index (χ2n) is 7.60. The van der Waals surface area contributed by atoms with E-state index in [1.165, 1.54) is 22.5 Å². The van der Waals surface area contributed by atoms with Crippen LogP contribution in [0.25, 0.3) is 0 Å². The Morgan fingerprint density at radius 1 is 1.27 bits per heavy atom. The lowest BCUT2D eigenvalue weighted by Gasteiger charge is -2.22. The van der Waals surface area contributed by atoms with Gasteiger partial charge < -0.3 is 25.3 Å². The van der Waals surface area contributed by atoms with E-state index in [1.54, 1.807) is 6.92 Å². The van der Waals surface area contributed by atoms with Crippen molar-refractivity contribution in [3.05, 3.63) is 64.0 Å². The van der Waals surface area contributed by atoms with Gasteiger partial charge in [0.25, 0.3) is 5.91 Å². The number of carbonyl (C=O) groups excluding carboxylic acids is 3. The average Bonchev–Trinajstić information content (AvgIpc) is 3.46. The number of fused-ring (bicyclic) bond motifs is 1. The first-order valence-corrected chi connectivity index (χ1v) is 11.5. The number of nitrogens with one attached hydrogen (secondary N) is 1. The molecule has 3 N–H and O–H groups in total. The molecule has 0 fully saturated rings. The summed E-state index contributed by atoms with van der Waals surface area (Å²) < 4.78 is 15.8. The number of hydrogen-bond donors (Lipinski definition) is 2. The summed E-state index contributed by atoms with van der Waals surface area (Å²) >= 11 is 1.25. The van der Waals surface area contributed by atoms with Crippen LogP contribution in [0.15, 0.2) is 42.5 Å². The first-order chi connectivity index (χ1) is 16.0. The number of esters is 1. The molecule has 33 heavy (non-hydrogen) atoms. The molecule has 10 heteroatoms. The Labute approximate surface area is 195 Å². The van der Waals surface area contributed by atoms with Gasteiger partial charge in [-0.3, -0.25) is 9.59 Å². The zero-order valence-electron chi connectivity index (χ0n) is 18.2. The minimum absolute atomic E-state index is 0.0419. The molecule has 1 aromatic heterocycles. The summed E-state index contributed by atoms with van der Waals surface area (Å²) in [6.07, 6.45) is 2.79. The maximum Gasteiger partial charge on any atom is 0.329 e. The van der Waals surface area contributed by atoms with Gasteiger partial charge in [0.2, 0.25) is 12.7 Å². The van der Waals surface area contributed by atoms with Crippen molar-refractivity contribution in [3.63, 3.8) is 0 Å². The van der Waals surface area contributed by atoms with E-state index >= 15 is 0 Å². The third kappa shape index (κ3) is 4.80. The fraction of sp³-hybridized carbons (Fsp3) is 0.348. The van der Waals surface area contributed by atoms with Gasteiger partial charge in [0.05, 0.1) is 18.1 Å². The molecule has 0 saturated heterocycles. The van der Waals surface area contributed by atoms with E-state index in [4.69, 9.17) is 19.9 Å². The van der Waals surface area contributed by atoms with Crippen LogP contribution in [0, 0.1) is 5.92 Å². The number of carbonyl (C=O) groups is 3. The molecule has 2 aromatic rings. The highest BCUT2D eigenvalue weighted by Gasteiger charge is 2.36. The van der Waals surface area contributed by atoms with Crippen LogP contribution in [-0.2, 0) is 38.4 Å². The molecule has 1 aromatic carbocycles. The van der Waals surface area contributed by atoms with Crippen molar-refractivity contribution in [2.75, 3.05) is 18.3 Å². The Bertz CT molecular complexity index is 1080. The standard InChI is InChI=1S/C23H25N3O6S/c1-2-31-22(28)15-8-9-16-17(10-15)33-21(19(16)20(24)27)26(18-12-30-13-32-18)23(29)25-11-14-6-4-3-5-7-14/h3-7,12,15H,2,8-11,13H2,1H3,(H2,24,27)(H,25,29). The molecular formula is C23H25N3O6S. The Morgan fingerprint density at radius 3 is 2.73 bits per heavy atom. The first-order valence-electron chi connectivity index (χ1n) is 10.7. The number of rotatable bonds is 7. The quantitative estimate of drug-likeness (QED) is 0.599. The van der Waals surface area contributed by atoms with Gasteiger partial charge in [-0.15, -0.1) is 11.3 Å². The fourth-order valence-corrected chi connectivity index (χ4v) is 5.38. The van der Waals surface area contributed by atoms with E-state index in [0.29, 0.717) is 30.9 Å². The molecule has 0 spiro atoms. The number of thiophene rings is 1. The van der Waals surface area contributed by atoms with Gasteiger partial charge in [-0.05, 0) is 37.3 Å². The van der Waals surface area contributed by atoms with Gasteiger partial charge in [0, 0.05) is 11.4 Å².